The monoisotopic (exact) mass is 376 g/mol. The van der Waals surface area contributed by atoms with Crippen LogP contribution in [0.25, 0.3) is 0 Å². The molecule has 1 atom stereocenters. The molecule has 0 aliphatic heterocycles. The van der Waals surface area contributed by atoms with Gasteiger partial charge in [0, 0.05) is 18.3 Å². The topological polar surface area (TPSA) is 88.3 Å². The molecule has 3 N–H and O–H groups in total. The normalized spacial score (nSPS) is 15.4. The third-order valence-electron chi connectivity index (χ3n) is 4.46. The molecule has 1 unspecified atom stereocenters. The summed E-state index contributed by atoms with van der Waals surface area (Å²) >= 11 is 5.99. The minimum Gasteiger partial charge on any atom is -0.372 e. The molecule has 3 rings (SSSR count). The average Bonchev–Trinajstić information content (AvgIpc) is 3.02. The Hall–Kier alpha value is -2.67. The van der Waals surface area contributed by atoms with E-state index < -0.39 is 23.7 Å². The van der Waals surface area contributed by atoms with Crippen LogP contribution in [0.15, 0.2) is 30.5 Å². The molecule has 0 saturated carbocycles. The summed E-state index contributed by atoms with van der Waals surface area (Å²) in [6.07, 6.45) is 2.50. The van der Waals surface area contributed by atoms with Gasteiger partial charge in [0.05, 0.1) is 11.6 Å². The fraction of sp³-hybridized carbons (Fsp3) is 0.278. The predicted molar refractivity (Wildman–Crippen MR) is 96.5 cm³/mol. The zero-order chi connectivity index (χ0) is 18.8. The molecular weight excluding hydrogens is 359 g/mol. The fourth-order valence-electron chi connectivity index (χ4n) is 3.37. The average molecular weight is 377 g/mol. The first-order chi connectivity index (χ1) is 12.4. The number of amides is 2. The maximum atomic E-state index is 14.2. The van der Waals surface area contributed by atoms with Gasteiger partial charge in [-0.05, 0) is 48.2 Å². The highest BCUT2D eigenvalue weighted by atomic mass is 35.5. The number of pyridine rings is 1. The summed E-state index contributed by atoms with van der Waals surface area (Å²) in [5.74, 6) is -1.06. The molecule has 8 heteroatoms. The van der Waals surface area contributed by atoms with E-state index in [4.69, 9.17) is 17.3 Å². The minimum absolute atomic E-state index is 0.247. The first-order valence-corrected chi connectivity index (χ1v) is 8.50. The lowest BCUT2D eigenvalue weighted by atomic mass is 10.0. The standard InChI is InChI=1S/C18H18ClFN4O2/c1-22-17-12(3-2-6-23-17)18(26)24(9-16(21)25)15-5-4-11-13(15)7-10(19)8-14(11)20/h2-3,6-8,15H,4-5,9H2,1H3,(H2,21,25)(H,22,23). The van der Waals surface area contributed by atoms with E-state index in [0.29, 0.717) is 35.3 Å². The molecule has 1 aliphatic carbocycles. The molecular formula is C18H18ClFN4O2. The molecule has 0 spiro atoms. The highest BCUT2D eigenvalue weighted by Gasteiger charge is 2.35. The molecule has 1 aromatic carbocycles. The number of primary amides is 1. The predicted octanol–water partition coefficient (Wildman–Crippen LogP) is 2.53. The zero-order valence-electron chi connectivity index (χ0n) is 14.1. The molecule has 1 heterocycles. The number of nitrogens with one attached hydrogen (secondary N) is 1. The number of carbonyl (C=O) groups excluding carboxylic acids is 2. The van der Waals surface area contributed by atoms with Crippen LogP contribution in [0.2, 0.25) is 5.02 Å². The SMILES string of the molecule is CNc1ncccc1C(=O)N(CC(N)=O)C1CCc2c(F)cc(Cl)cc21. The van der Waals surface area contributed by atoms with Crippen LogP contribution in [-0.2, 0) is 11.2 Å². The Bertz CT molecular complexity index is 874. The number of benzene rings is 1. The lowest BCUT2D eigenvalue weighted by molar-refractivity contribution is -0.119. The molecule has 1 aromatic heterocycles. The lowest BCUT2D eigenvalue weighted by Crippen LogP contribution is -2.40. The third-order valence-corrected chi connectivity index (χ3v) is 4.68. The van der Waals surface area contributed by atoms with Crippen molar-refractivity contribution >= 4 is 29.2 Å². The van der Waals surface area contributed by atoms with E-state index in [9.17, 15) is 14.0 Å². The van der Waals surface area contributed by atoms with Crippen molar-refractivity contribution in [1.29, 1.82) is 0 Å². The van der Waals surface area contributed by atoms with Crippen LogP contribution in [-0.4, -0.2) is 35.3 Å². The summed E-state index contributed by atoms with van der Waals surface area (Å²) in [4.78, 5) is 30.2. The zero-order valence-corrected chi connectivity index (χ0v) is 14.9. The second kappa shape index (κ2) is 7.29. The van der Waals surface area contributed by atoms with E-state index in [1.54, 1.807) is 31.4 Å². The van der Waals surface area contributed by atoms with Gasteiger partial charge < -0.3 is 16.0 Å². The van der Waals surface area contributed by atoms with E-state index in [-0.39, 0.29) is 11.6 Å². The van der Waals surface area contributed by atoms with Gasteiger partial charge in [-0.25, -0.2) is 9.37 Å². The molecule has 0 radical (unpaired) electrons. The van der Waals surface area contributed by atoms with Crippen LogP contribution >= 0.6 is 11.6 Å². The van der Waals surface area contributed by atoms with Gasteiger partial charge in [0.1, 0.15) is 18.2 Å². The summed E-state index contributed by atoms with van der Waals surface area (Å²) in [5, 5.41) is 3.10. The van der Waals surface area contributed by atoms with Crippen molar-refractivity contribution in [3.8, 4) is 0 Å². The van der Waals surface area contributed by atoms with E-state index in [2.05, 4.69) is 10.3 Å². The highest BCUT2D eigenvalue weighted by Crippen LogP contribution is 2.39. The summed E-state index contributed by atoms with van der Waals surface area (Å²) in [7, 11) is 1.65. The number of halogens is 2. The molecule has 6 nitrogen and oxygen atoms in total. The van der Waals surface area contributed by atoms with Gasteiger partial charge in [-0.1, -0.05) is 11.6 Å². The molecule has 1 aliphatic rings. The number of nitrogens with two attached hydrogens (primary N) is 1. The van der Waals surface area contributed by atoms with Gasteiger partial charge in [-0.2, -0.15) is 0 Å². The Kier molecular flexibility index (Phi) is 5.08. The Balaban J connectivity index is 2.04. The second-order valence-electron chi connectivity index (χ2n) is 6.06. The van der Waals surface area contributed by atoms with Crippen LogP contribution < -0.4 is 11.1 Å². The summed E-state index contributed by atoms with van der Waals surface area (Å²) < 4.78 is 14.2. The number of nitrogens with zero attached hydrogens (tertiary/aromatic N) is 2. The number of anilines is 1. The summed E-state index contributed by atoms with van der Waals surface area (Å²) in [6.45, 7) is -0.283. The Morgan fingerprint density at radius 3 is 2.92 bits per heavy atom. The number of aromatic nitrogens is 1. The van der Waals surface area contributed by atoms with E-state index in [1.165, 1.54) is 11.0 Å². The lowest BCUT2D eigenvalue weighted by Gasteiger charge is -2.29. The molecule has 0 saturated heterocycles. The number of hydrogen-bond acceptors (Lipinski definition) is 4. The second-order valence-corrected chi connectivity index (χ2v) is 6.50. The van der Waals surface area contributed by atoms with Gasteiger partial charge in [0.15, 0.2) is 0 Å². The van der Waals surface area contributed by atoms with Gasteiger partial charge in [-0.15, -0.1) is 0 Å². The van der Waals surface area contributed by atoms with Crippen molar-refractivity contribution in [3.05, 3.63) is 58.0 Å². The molecule has 26 heavy (non-hydrogen) atoms. The van der Waals surface area contributed by atoms with Gasteiger partial charge in [0.25, 0.3) is 5.91 Å². The van der Waals surface area contributed by atoms with Crippen LogP contribution in [0.4, 0.5) is 10.2 Å². The summed E-state index contributed by atoms with van der Waals surface area (Å²) in [6, 6.07) is 5.66. The first-order valence-electron chi connectivity index (χ1n) is 8.12. The number of carbonyl (C=O) groups is 2. The minimum atomic E-state index is -0.649. The van der Waals surface area contributed by atoms with Crippen LogP contribution in [0, 0.1) is 5.82 Å². The van der Waals surface area contributed by atoms with Crippen molar-refractivity contribution in [3.63, 3.8) is 0 Å². The Labute approximate surface area is 155 Å². The number of rotatable bonds is 5. The first kappa shape index (κ1) is 18.1. The van der Waals surface area contributed by atoms with Crippen molar-refractivity contribution in [2.45, 2.75) is 18.9 Å². The smallest absolute Gasteiger partial charge is 0.258 e. The maximum Gasteiger partial charge on any atom is 0.258 e. The van der Waals surface area contributed by atoms with Crippen molar-refractivity contribution in [2.24, 2.45) is 5.73 Å². The summed E-state index contributed by atoms with van der Waals surface area (Å²) in [5.41, 5.74) is 6.80. The van der Waals surface area contributed by atoms with E-state index in [0.717, 1.165) is 0 Å². The molecule has 136 valence electrons. The van der Waals surface area contributed by atoms with Crippen LogP contribution in [0.5, 0.6) is 0 Å². The van der Waals surface area contributed by atoms with Gasteiger partial charge in [-0.3, -0.25) is 9.59 Å². The Morgan fingerprint density at radius 2 is 2.23 bits per heavy atom. The van der Waals surface area contributed by atoms with E-state index >= 15 is 0 Å². The quantitative estimate of drug-likeness (QED) is 0.839. The molecule has 0 fully saturated rings. The van der Waals surface area contributed by atoms with Crippen molar-refractivity contribution < 1.29 is 14.0 Å². The van der Waals surface area contributed by atoms with Gasteiger partial charge >= 0.3 is 0 Å². The van der Waals surface area contributed by atoms with Crippen molar-refractivity contribution in [2.75, 3.05) is 18.9 Å². The van der Waals surface area contributed by atoms with Crippen LogP contribution in [0.1, 0.15) is 33.9 Å². The number of hydrogen-bond donors (Lipinski definition) is 2. The number of fused-ring (bicyclic) bond motifs is 1. The molecule has 2 amide bonds. The largest absolute Gasteiger partial charge is 0.372 e. The maximum absolute atomic E-state index is 14.2. The van der Waals surface area contributed by atoms with Crippen molar-refractivity contribution in [1.82, 2.24) is 9.88 Å². The molecule has 2 aromatic rings. The Morgan fingerprint density at radius 1 is 1.46 bits per heavy atom. The highest BCUT2D eigenvalue weighted by molar-refractivity contribution is 6.30. The fourth-order valence-corrected chi connectivity index (χ4v) is 3.58. The van der Waals surface area contributed by atoms with E-state index in [1.807, 2.05) is 0 Å². The van der Waals surface area contributed by atoms with Gasteiger partial charge in [0.2, 0.25) is 5.91 Å². The molecule has 0 bridgehead atoms. The van der Waals surface area contributed by atoms with Crippen LogP contribution in [0.3, 0.4) is 0 Å². The third kappa shape index (κ3) is 3.35.